The number of para-hydroxylation sites is 1. The van der Waals surface area contributed by atoms with Crippen molar-refractivity contribution in [1.82, 2.24) is 20.9 Å². The summed E-state index contributed by atoms with van der Waals surface area (Å²) in [6.45, 7) is 3.50. The van der Waals surface area contributed by atoms with Gasteiger partial charge in [-0.2, -0.15) is 0 Å². The molecule has 0 radical (unpaired) electrons. The number of aliphatic carboxylic acids is 2. The maximum Gasteiger partial charge on any atom is 0.326 e. The van der Waals surface area contributed by atoms with Gasteiger partial charge in [-0.25, -0.2) is 4.79 Å². The van der Waals surface area contributed by atoms with Crippen LogP contribution in [0.3, 0.4) is 0 Å². The Morgan fingerprint density at radius 3 is 2.12 bits per heavy atom. The van der Waals surface area contributed by atoms with Crippen molar-refractivity contribution >= 4 is 40.6 Å². The van der Waals surface area contributed by atoms with E-state index in [1.807, 2.05) is 30.3 Å². The van der Waals surface area contributed by atoms with Crippen LogP contribution in [0, 0.1) is 5.92 Å². The number of rotatable bonds is 16. The van der Waals surface area contributed by atoms with E-state index in [0.29, 0.717) is 12.0 Å². The number of nitrogens with one attached hydrogen (secondary N) is 4. The lowest BCUT2D eigenvalue weighted by Gasteiger charge is -2.26. The lowest BCUT2D eigenvalue weighted by Crippen LogP contribution is -2.58. The van der Waals surface area contributed by atoms with Gasteiger partial charge < -0.3 is 36.9 Å². The van der Waals surface area contributed by atoms with Crippen LogP contribution in [0.5, 0.6) is 0 Å². The highest BCUT2D eigenvalue weighted by atomic mass is 16.4. The van der Waals surface area contributed by atoms with Crippen molar-refractivity contribution in [3.8, 4) is 0 Å². The Hall–Kier alpha value is -4.71. The summed E-state index contributed by atoms with van der Waals surface area (Å²) in [6, 6.07) is 11.7. The van der Waals surface area contributed by atoms with E-state index in [-0.39, 0.29) is 25.2 Å². The van der Waals surface area contributed by atoms with Crippen LogP contribution in [0.1, 0.15) is 44.2 Å². The molecule has 0 saturated carbocycles. The molecule has 3 aromatic rings. The highest BCUT2D eigenvalue weighted by Gasteiger charge is 2.32. The van der Waals surface area contributed by atoms with Gasteiger partial charge in [0.1, 0.15) is 18.1 Å². The number of fused-ring (bicyclic) bond motifs is 1. The number of H-pyrrole nitrogens is 1. The second-order valence-corrected chi connectivity index (χ2v) is 10.6. The van der Waals surface area contributed by atoms with Crippen molar-refractivity contribution in [2.24, 2.45) is 11.7 Å². The smallest absolute Gasteiger partial charge is 0.326 e. The lowest BCUT2D eigenvalue weighted by atomic mass is 9.97. The van der Waals surface area contributed by atoms with Gasteiger partial charge >= 0.3 is 11.9 Å². The molecule has 12 heteroatoms. The summed E-state index contributed by atoms with van der Waals surface area (Å²) in [5.41, 5.74) is 8.40. The molecule has 0 saturated heterocycles. The van der Waals surface area contributed by atoms with Crippen molar-refractivity contribution in [2.45, 2.75) is 70.1 Å². The number of carbonyl (C=O) groups excluding carboxylic acids is 3. The van der Waals surface area contributed by atoms with E-state index in [4.69, 9.17) is 5.73 Å². The fraction of sp³-hybridized carbons (Fsp3) is 0.387. The number of carboxylic acids is 2. The number of hydrogen-bond acceptors (Lipinski definition) is 6. The van der Waals surface area contributed by atoms with Gasteiger partial charge in [-0.3, -0.25) is 19.2 Å². The summed E-state index contributed by atoms with van der Waals surface area (Å²) in [5, 5.41) is 27.5. The zero-order valence-electron chi connectivity index (χ0n) is 24.2. The molecule has 43 heavy (non-hydrogen) atoms. The molecule has 0 aliphatic carbocycles. The molecule has 0 aliphatic rings. The van der Waals surface area contributed by atoms with Crippen LogP contribution in [0.2, 0.25) is 0 Å². The molecule has 8 N–H and O–H groups in total. The largest absolute Gasteiger partial charge is 0.481 e. The molecule has 0 aliphatic heterocycles. The molecule has 0 fully saturated rings. The van der Waals surface area contributed by atoms with Gasteiger partial charge in [0.25, 0.3) is 0 Å². The van der Waals surface area contributed by atoms with Crippen molar-refractivity contribution < 1.29 is 34.2 Å². The number of aromatic nitrogens is 1. The predicted molar refractivity (Wildman–Crippen MR) is 160 cm³/mol. The van der Waals surface area contributed by atoms with Crippen LogP contribution < -0.4 is 21.7 Å². The zero-order chi connectivity index (χ0) is 31.5. The molecule has 3 amide bonds. The minimum Gasteiger partial charge on any atom is -0.481 e. The number of hydrogen-bond donors (Lipinski definition) is 7. The topological polar surface area (TPSA) is 204 Å². The van der Waals surface area contributed by atoms with Crippen molar-refractivity contribution in [3.05, 3.63) is 71.9 Å². The van der Waals surface area contributed by atoms with Crippen LogP contribution in [0.25, 0.3) is 10.9 Å². The minimum atomic E-state index is -1.31. The highest BCUT2D eigenvalue weighted by Crippen LogP contribution is 2.20. The average molecular weight is 594 g/mol. The van der Waals surface area contributed by atoms with Crippen LogP contribution in [-0.4, -0.2) is 69.0 Å². The number of carboxylic acid groups (broad SMARTS) is 2. The van der Waals surface area contributed by atoms with Gasteiger partial charge in [-0.15, -0.1) is 0 Å². The van der Waals surface area contributed by atoms with Crippen LogP contribution in [0.4, 0.5) is 0 Å². The number of carbonyl (C=O) groups is 5. The van der Waals surface area contributed by atoms with E-state index in [1.54, 1.807) is 44.3 Å². The monoisotopic (exact) mass is 593 g/mol. The normalized spacial score (nSPS) is 14.6. The third-order valence-corrected chi connectivity index (χ3v) is 7.42. The zero-order valence-corrected chi connectivity index (χ0v) is 24.2. The van der Waals surface area contributed by atoms with Gasteiger partial charge in [0.15, 0.2) is 0 Å². The molecule has 1 aromatic heterocycles. The standard InChI is InChI=1S/C31H39N5O7/c1-3-18(2)27(31(42)43)36-30(41)25(16-20-17-33-23-12-8-7-11-21(20)23)35-29(40)24(13-14-26(37)38)34-28(39)22(32)15-19-9-5-4-6-10-19/h4-12,17-18,22,24-25,27,33H,3,13-16,32H2,1-2H3,(H,34,39)(H,35,40)(H,36,41)(H,37,38)(H,42,43). The highest BCUT2D eigenvalue weighted by molar-refractivity contribution is 5.95. The Labute approximate surface area is 249 Å². The number of amides is 3. The van der Waals surface area contributed by atoms with E-state index < -0.39 is 60.2 Å². The maximum atomic E-state index is 13.5. The molecule has 3 rings (SSSR count). The Morgan fingerprint density at radius 1 is 0.837 bits per heavy atom. The number of benzene rings is 2. The van der Waals surface area contributed by atoms with E-state index in [2.05, 4.69) is 20.9 Å². The number of nitrogens with two attached hydrogens (primary N) is 1. The molecular weight excluding hydrogens is 554 g/mol. The fourth-order valence-corrected chi connectivity index (χ4v) is 4.72. The quantitative estimate of drug-likeness (QED) is 0.130. The summed E-state index contributed by atoms with van der Waals surface area (Å²) >= 11 is 0. The predicted octanol–water partition coefficient (Wildman–Crippen LogP) is 1.73. The second kappa shape index (κ2) is 15.5. The SMILES string of the molecule is CCC(C)C(NC(=O)C(Cc1c[nH]c2ccccc12)NC(=O)C(CCC(=O)O)NC(=O)C(N)Cc1ccccc1)C(=O)O. The van der Waals surface area contributed by atoms with Gasteiger partial charge in [0.2, 0.25) is 17.7 Å². The molecule has 0 spiro atoms. The minimum absolute atomic E-state index is 0.00154. The number of aromatic amines is 1. The summed E-state index contributed by atoms with van der Waals surface area (Å²) in [5.74, 6) is -4.95. The first kappa shape index (κ1) is 32.8. The first-order valence-electron chi connectivity index (χ1n) is 14.2. The van der Waals surface area contributed by atoms with Gasteiger partial charge in [-0.1, -0.05) is 68.8 Å². The van der Waals surface area contributed by atoms with Crippen molar-refractivity contribution in [1.29, 1.82) is 0 Å². The fourth-order valence-electron chi connectivity index (χ4n) is 4.72. The van der Waals surface area contributed by atoms with Gasteiger partial charge in [-0.05, 0) is 36.0 Å². The van der Waals surface area contributed by atoms with E-state index in [1.165, 1.54) is 0 Å². The van der Waals surface area contributed by atoms with E-state index in [0.717, 1.165) is 16.5 Å². The molecule has 2 aromatic carbocycles. The van der Waals surface area contributed by atoms with E-state index >= 15 is 0 Å². The third-order valence-electron chi connectivity index (χ3n) is 7.42. The summed E-state index contributed by atoms with van der Waals surface area (Å²) < 4.78 is 0. The molecule has 12 nitrogen and oxygen atoms in total. The molecule has 1 heterocycles. The Bertz CT molecular complexity index is 1420. The molecule has 5 unspecified atom stereocenters. The molecule has 0 bridgehead atoms. The summed E-state index contributed by atoms with van der Waals surface area (Å²) in [4.78, 5) is 66.3. The average Bonchev–Trinajstić information content (AvgIpc) is 3.39. The third kappa shape index (κ3) is 9.40. The van der Waals surface area contributed by atoms with Gasteiger partial charge in [0.05, 0.1) is 6.04 Å². The second-order valence-electron chi connectivity index (χ2n) is 10.6. The van der Waals surface area contributed by atoms with Gasteiger partial charge in [0, 0.05) is 29.9 Å². The summed E-state index contributed by atoms with van der Waals surface area (Å²) in [7, 11) is 0. The van der Waals surface area contributed by atoms with Crippen LogP contribution in [0.15, 0.2) is 60.8 Å². The molecule has 5 atom stereocenters. The Balaban J connectivity index is 1.84. The lowest BCUT2D eigenvalue weighted by molar-refractivity contribution is -0.143. The Kier molecular flexibility index (Phi) is 11.8. The summed E-state index contributed by atoms with van der Waals surface area (Å²) in [6.07, 6.45) is 1.70. The van der Waals surface area contributed by atoms with Crippen molar-refractivity contribution in [3.63, 3.8) is 0 Å². The van der Waals surface area contributed by atoms with Crippen LogP contribution in [-0.2, 0) is 36.8 Å². The molecular formula is C31H39N5O7. The van der Waals surface area contributed by atoms with Crippen molar-refractivity contribution in [2.75, 3.05) is 0 Å². The first-order chi connectivity index (χ1) is 20.5. The Morgan fingerprint density at radius 2 is 1.47 bits per heavy atom. The van der Waals surface area contributed by atoms with Crippen LogP contribution >= 0.6 is 0 Å². The maximum absolute atomic E-state index is 13.5. The first-order valence-corrected chi connectivity index (χ1v) is 14.2. The van der Waals surface area contributed by atoms with E-state index in [9.17, 15) is 34.2 Å². The molecule has 230 valence electrons.